The van der Waals surface area contributed by atoms with E-state index in [2.05, 4.69) is 5.32 Å². The van der Waals surface area contributed by atoms with Gasteiger partial charge in [-0.05, 0) is 54.5 Å². The lowest BCUT2D eigenvalue weighted by Crippen LogP contribution is -2.11. The van der Waals surface area contributed by atoms with Gasteiger partial charge in [0.05, 0.1) is 13.7 Å². The number of carbonyl (C=O) groups excluding carboxylic acids is 2. The maximum atomic E-state index is 12.4. The number of nitriles is 1. The summed E-state index contributed by atoms with van der Waals surface area (Å²) in [6.45, 7) is 2.27. The van der Waals surface area contributed by atoms with Gasteiger partial charge < -0.3 is 14.8 Å². The van der Waals surface area contributed by atoms with E-state index in [0.29, 0.717) is 22.6 Å². The summed E-state index contributed by atoms with van der Waals surface area (Å²) in [5, 5.41) is 12.0. The van der Waals surface area contributed by atoms with E-state index in [1.165, 1.54) is 6.08 Å². The number of ether oxygens (including phenoxy) is 2. The van der Waals surface area contributed by atoms with Gasteiger partial charge in [0.2, 0.25) is 0 Å². The number of methoxy groups -OCH3 is 1. The Labute approximate surface area is 164 Å². The number of hydrogen-bond donors (Lipinski definition) is 1. The SMILES string of the molecule is CCCCOC(=O)/C(C#N)=C/c1cccc(NC(=O)c2ccc(OC)cc2)c1. The van der Waals surface area contributed by atoms with Gasteiger partial charge in [-0.2, -0.15) is 5.26 Å². The molecule has 0 aliphatic carbocycles. The molecule has 0 saturated carbocycles. The van der Waals surface area contributed by atoms with E-state index in [-0.39, 0.29) is 18.1 Å². The first-order valence-electron chi connectivity index (χ1n) is 8.91. The molecule has 0 aromatic heterocycles. The average Bonchev–Trinajstić information content (AvgIpc) is 2.72. The van der Waals surface area contributed by atoms with Gasteiger partial charge in [0, 0.05) is 11.3 Å². The summed E-state index contributed by atoms with van der Waals surface area (Å²) in [7, 11) is 1.56. The second kappa shape index (κ2) is 10.5. The lowest BCUT2D eigenvalue weighted by molar-refractivity contribution is -0.138. The molecule has 28 heavy (non-hydrogen) atoms. The van der Waals surface area contributed by atoms with Crippen molar-refractivity contribution in [1.82, 2.24) is 0 Å². The van der Waals surface area contributed by atoms with Crippen LogP contribution < -0.4 is 10.1 Å². The maximum Gasteiger partial charge on any atom is 0.348 e. The number of unbranched alkanes of at least 4 members (excludes halogenated alkanes) is 1. The monoisotopic (exact) mass is 378 g/mol. The van der Waals surface area contributed by atoms with Gasteiger partial charge in [-0.25, -0.2) is 4.79 Å². The van der Waals surface area contributed by atoms with Crippen LogP contribution in [0.1, 0.15) is 35.7 Å². The van der Waals surface area contributed by atoms with Gasteiger partial charge in [-0.1, -0.05) is 25.5 Å². The Morgan fingerprint density at radius 1 is 1.18 bits per heavy atom. The number of rotatable bonds is 8. The molecule has 0 unspecified atom stereocenters. The zero-order valence-electron chi connectivity index (χ0n) is 15.9. The highest BCUT2D eigenvalue weighted by molar-refractivity contribution is 6.04. The van der Waals surface area contributed by atoms with Gasteiger partial charge in [0.25, 0.3) is 5.91 Å². The number of anilines is 1. The average molecular weight is 378 g/mol. The molecule has 0 spiro atoms. The molecule has 1 N–H and O–H groups in total. The molecule has 0 aliphatic heterocycles. The van der Waals surface area contributed by atoms with Crippen molar-refractivity contribution in [3.8, 4) is 11.8 Å². The first-order valence-corrected chi connectivity index (χ1v) is 8.91. The van der Waals surface area contributed by atoms with Crippen LogP contribution >= 0.6 is 0 Å². The Kier molecular flexibility index (Phi) is 7.79. The fourth-order valence-electron chi connectivity index (χ4n) is 2.34. The van der Waals surface area contributed by atoms with Crippen LogP contribution in [0.25, 0.3) is 6.08 Å². The number of nitrogens with one attached hydrogen (secondary N) is 1. The summed E-state index contributed by atoms with van der Waals surface area (Å²) in [5.74, 6) is -0.259. The highest BCUT2D eigenvalue weighted by atomic mass is 16.5. The minimum Gasteiger partial charge on any atom is -0.497 e. The number of amides is 1. The number of benzene rings is 2. The Bertz CT molecular complexity index is 895. The van der Waals surface area contributed by atoms with Gasteiger partial charge in [0.1, 0.15) is 17.4 Å². The standard InChI is InChI=1S/C22H22N2O4/c1-3-4-12-28-22(26)18(15-23)13-16-6-5-7-19(14-16)24-21(25)17-8-10-20(27-2)11-9-17/h5-11,13-14H,3-4,12H2,1-2H3,(H,24,25)/b18-13+. The molecule has 144 valence electrons. The molecule has 6 heteroatoms. The number of nitrogens with zero attached hydrogens (tertiary/aromatic N) is 1. The van der Waals surface area contributed by atoms with Crippen LogP contribution in [0.2, 0.25) is 0 Å². The zero-order chi connectivity index (χ0) is 20.4. The van der Waals surface area contributed by atoms with E-state index in [1.807, 2.05) is 13.0 Å². The van der Waals surface area contributed by atoms with Crippen molar-refractivity contribution in [2.75, 3.05) is 19.0 Å². The molecule has 1 amide bonds. The van der Waals surface area contributed by atoms with Crippen molar-refractivity contribution in [2.45, 2.75) is 19.8 Å². The van der Waals surface area contributed by atoms with E-state index in [9.17, 15) is 14.9 Å². The number of carbonyl (C=O) groups is 2. The van der Waals surface area contributed by atoms with Crippen LogP contribution in [0.5, 0.6) is 5.75 Å². The quantitative estimate of drug-likeness (QED) is 0.322. The molecule has 6 nitrogen and oxygen atoms in total. The molecular formula is C22H22N2O4. The summed E-state index contributed by atoms with van der Waals surface area (Å²) >= 11 is 0. The smallest absolute Gasteiger partial charge is 0.348 e. The fourth-order valence-corrected chi connectivity index (χ4v) is 2.34. The molecule has 0 saturated heterocycles. The second-order valence-corrected chi connectivity index (χ2v) is 5.97. The predicted molar refractivity (Wildman–Crippen MR) is 107 cm³/mol. The highest BCUT2D eigenvalue weighted by Crippen LogP contribution is 2.17. The molecule has 0 heterocycles. The highest BCUT2D eigenvalue weighted by Gasteiger charge is 2.11. The Morgan fingerprint density at radius 3 is 2.57 bits per heavy atom. The molecule has 0 radical (unpaired) electrons. The number of esters is 1. The molecule has 0 aliphatic rings. The maximum absolute atomic E-state index is 12.4. The Balaban J connectivity index is 2.10. The fraction of sp³-hybridized carbons (Fsp3) is 0.227. The van der Waals surface area contributed by atoms with E-state index in [4.69, 9.17) is 9.47 Å². The van der Waals surface area contributed by atoms with Crippen molar-refractivity contribution in [1.29, 1.82) is 5.26 Å². The van der Waals surface area contributed by atoms with Crippen LogP contribution in [0.4, 0.5) is 5.69 Å². The second-order valence-electron chi connectivity index (χ2n) is 5.97. The van der Waals surface area contributed by atoms with Crippen LogP contribution in [-0.4, -0.2) is 25.6 Å². The summed E-state index contributed by atoms with van der Waals surface area (Å²) in [6, 6.07) is 15.5. The van der Waals surface area contributed by atoms with Crippen molar-refractivity contribution < 1.29 is 19.1 Å². The van der Waals surface area contributed by atoms with Gasteiger partial charge in [0.15, 0.2) is 0 Å². The van der Waals surface area contributed by atoms with E-state index < -0.39 is 5.97 Å². The summed E-state index contributed by atoms with van der Waals surface area (Å²) in [4.78, 5) is 24.3. The molecule has 0 bridgehead atoms. The Hall–Kier alpha value is -3.59. The Morgan fingerprint density at radius 2 is 1.93 bits per heavy atom. The van der Waals surface area contributed by atoms with Gasteiger partial charge in [-0.3, -0.25) is 4.79 Å². The van der Waals surface area contributed by atoms with E-state index >= 15 is 0 Å². The third-order valence-corrected chi connectivity index (χ3v) is 3.88. The third kappa shape index (κ3) is 5.99. The van der Waals surface area contributed by atoms with Crippen molar-refractivity contribution in [3.63, 3.8) is 0 Å². The van der Waals surface area contributed by atoms with Crippen molar-refractivity contribution >= 4 is 23.6 Å². The lowest BCUT2D eigenvalue weighted by atomic mass is 10.1. The van der Waals surface area contributed by atoms with Crippen LogP contribution in [0.3, 0.4) is 0 Å². The van der Waals surface area contributed by atoms with Crippen LogP contribution in [0, 0.1) is 11.3 Å². The topological polar surface area (TPSA) is 88.4 Å². The number of hydrogen-bond acceptors (Lipinski definition) is 5. The van der Waals surface area contributed by atoms with Crippen LogP contribution in [-0.2, 0) is 9.53 Å². The predicted octanol–water partition coefficient (Wildman–Crippen LogP) is 4.20. The molecule has 2 aromatic carbocycles. The molecule has 2 rings (SSSR count). The van der Waals surface area contributed by atoms with Crippen LogP contribution in [0.15, 0.2) is 54.1 Å². The first kappa shape index (κ1) is 20.7. The van der Waals surface area contributed by atoms with E-state index in [1.54, 1.807) is 55.6 Å². The summed E-state index contributed by atoms with van der Waals surface area (Å²) < 4.78 is 10.1. The lowest BCUT2D eigenvalue weighted by Gasteiger charge is -2.07. The summed E-state index contributed by atoms with van der Waals surface area (Å²) in [5.41, 5.74) is 1.55. The molecule has 0 atom stereocenters. The van der Waals surface area contributed by atoms with Crippen molar-refractivity contribution in [2.24, 2.45) is 0 Å². The first-order chi connectivity index (χ1) is 13.6. The normalized spacial score (nSPS) is 10.7. The molecule has 0 fully saturated rings. The molecular weight excluding hydrogens is 356 g/mol. The van der Waals surface area contributed by atoms with Gasteiger partial charge >= 0.3 is 5.97 Å². The minimum absolute atomic E-state index is 0.0882. The zero-order valence-corrected chi connectivity index (χ0v) is 15.9. The van der Waals surface area contributed by atoms with Crippen molar-refractivity contribution in [3.05, 3.63) is 65.2 Å². The van der Waals surface area contributed by atoms with Gasteiger partial charge in [-0.15, -0.1) is 0 Å². The molecule has 2 aromatic rings. The largest absolute Gasteiger partial charge is 0.497 e. The third-order valence-electron chi connectivity index (χ3n) is 3.88. The summed E-state index contributed by atoms with van der Waals surface area (Å²) in [6.07, 6.45) is 3.09. The minimum atomic E-state index is -0.649. The van der Waals surface area contributed by atoms with E-state index in [0.717, 1.165) is 12.8 Å².